The molecule has 1 aromatic heterocycles. The van der Waals surface area contributed by atoms with Gasteiger partial charge in [-0.1, -0.05) is 6.92 Å². The van der Waals surface area contributed by atoms with E-state index in [2.05, 4.69) is 22.9 Å². The van der Waals surface area contributed by atoms with Crippen LogP contribution in [-0.4, -0.2) is 18.1 Å². The van der Waals surface area contributed by atoms with Crippen LogP contribution in [0.25, 0.3) is 0 Å². The fraction of sp³-hybridized carbons (Fsp3) is 0.583. The van der Waals surface area contributed by atoms with Crippen molar-refractivity contribution in [2.24, 2.45) is 11.7 Å². The first-order valence-corrected chi connectivity index (χ1v) is 5.69. The van der Waals surface area contributed by atoms with Gasteiger partial charge in [0.2, 0.25) is 0 Å². The lowest BCUT2D eigenvalue weighted by atomic mass is 9.99. The zero-order valence-corrected chi connectivity index (χ0v) is 9.32. The van der Waals surface area contributed by atoms with Crippen molar-refractivity contribution in [3.63, 3.8) is 0 Å². The Morgan fingerprint density at radius 3 is 3.20 bits per heavy atom. The first-order valence-electron chi connectivity index (χ1n) is 5.69. The molecule has 1 fully saturated rings. The molecule has 1 aromatic rings. The van der Waals surface area contributed by atoms with Crippen molar-refractivity contribution >= 4 is 5.69 Å². The summed E-state index contributed by atoms with van der Waals surface area (Å²) in [4.78, 5) is 6.57. The smallest absolute Gasteiger partial charge is 0.0442 e. The molecule has 82 valence electrons. The lowest BCUT2D eigenvalue weighted by molar-refractivity contribution is 0.446. The molecule has 3 nitrogen and oxygen atoms in total. The van der Waals surface area contributed by atoms with Crippen molar-refractivity contribution < 1.29 is 0 Å². The highest BCUT2D eigenvalue weighted by molar-refractivity contribution is 5.52. The molecule has 2 rings (SSSR count). The fourth-order valence-corrected chi connectivity index (χ4v) is 2.29. The van der Waals surface area contributed by atoms with Crippen LogP contribution in [0.1, 0.15) is 25.3 Å². The molecule has 0 amide bonds. The van der Waals surface area contributed by atoms with Gasteiger partial charge in [0.05, 0.1) is 0 Å². The highest BCUT2D eigenvalue weighted by atomic mass is 15.1. The van der Waals surface area contributed by atoms with Crippen molar-refractivity contribution in [3.8, 4) is 0 Å². The van der Waals surface area contributed by atoms with Crippen LogP contribution in [0, 0.1) is 5.92 Å². The highest BCUT2D eigenvalue weighted by Gasteiger charge is 2.18. The minimum absolute atomic E-state index is 0.577. The van der Waals surface area contributed by atoms with Crippen LogP contribution >= 0.6 is 0 Å². The van der Waals surface area contributed by atoms with Gasteiger partial charge < -0.3 is 10.6 Å². The molecule has 1 atom stereocenters. The molecular weight excluding hydrogens is 186 g/mol. The van der Waals surface area contributed by atoms with E-state index in [-0.39, 0.29) is 0 Å². The SMILES string of the molecule is CC1CCCN(c2ccncc2CN)C1. The second-order valence-corrected chi connectivity index (χ2v) is 4.40. The molecule has 1 saturated heterocycles. The van der Waals surface area contributed by atoms with E-state index in [0.717, 1.165) is 24.6 Å². The monoisotopic (exact) mass is 205 g/mol. The average Bonchev–Trinajstić information content (AvgIpc) is 2.29. The topological polar surface area (TPSA) is 42.2 Å². The molecule has 1 aliphatic rings. The number of hydrogen-bond donors (Lipinski definition) is 1. The van der Waals surface area contributed by atoms with E-state index in [1.807, 2.05) is 12.4 Å². The molecule has 2 N–H and O–H groups in total. The molecule has 0 bridgehead atoms. The molecule has 1 unspecified atom stereocenters. The molecule has 2 heterocycles. The van der Waals surface area contributed by atoms with Gasteiger partial charge in [0.25, 0.3) is 0 Å². The first kappa shape index (κ1) is 10.4. The number of anilines is 1. The van der Waals surface area contributed by atoms with Crippen molar-refractivity contribution in [1.29, 1.82) is 0 Å². The van der Waals surface area contributed by atoms with Crippen LogP contribution in [-0.2, 0) is 6.54 Å². The second kappa shape index (κ2) is 4.62. The lowest BCUT2D eigenvalue weighted by Gasteiger charge is -2.33. The van der Waals surface area contributed by atoms with Crippen LogP contribution in [0.4, 0.5) is 5.69 Å². The third kappa shape index (κ3) is 2.29. The molecule has 15 heavy (non-hydrogen) atoms. The Bertz CT molecular complexity index is 324. The summed E-state index contributed by atoms with van der Waals surface area (Å²) < 4.78 is 0. The van der Waals surface area contributed by atoms with Gasteiger partial charge in [-0.15, -0.1) is 0 Å². The van der Waals surface area contributed by atoms with Gasteiger partial charge in [0.1, 0.15) is 0 Å². The van der Waals surface area contributed by atoms with E-state index in [0.29, 0.717) is 6.54 Å². The van der Waals surface area contributed by atoms with Crippen LogP contribution in [0.5, 0.6) is 0 Å². The summed E-state index contributed by atoms with van der Waals surface area (Å²) in [6.45, 7) is 5.20. The van der Waals surface area contributed by atoms with E-state index in [9.17, 15) is 0 Å². The standard InChI is InChI=1S/C12H19N3/c1-10-3-2-6-15(9-10)12-4-5-14-8-11(12)7-13/h4-5,8,10H,2-3,6-7,9,13H2,1H3. The fourth-order valence-electron chi connectivity index (χ4n) is 2.29. The number of nitrogens with two attached hydrogens (primary N) is 1. The Balaban J connectivity index is 2.20. The Morgan fingerprint density at radius 2 is 2.47 bits per heavy atom. The van der Waals surface area contributed by atoms with Gasteiger partial charge >= 0.3 is 0 Å². The summed E-state index contributed by atoms with van der Waals surface area (Å²) in [6.07, 6.45) is 6.37. The number of aromatic nitrogens is 1. The number of piperidine rings is 1. The van der Waals surface area contributed by atoms with Crippen molar-refractivity contribution in [2.75, 3.05) is 18.0 Å². The van der Waals surface area contributed by atoms with Crippen LogP contribution in [0.15, 0.2) is 18.5 Å². The number of nitrogens with zero attached hydrogens (tertiary/aromatic N) is 2. The van der Waals surface area contributed by atoms with E-state index in [1.54, 1.807) is 0 Å². The van der Waals surface area contributed by atoms with Crippen LogP contribution in [0.3, 0.4) is 0 Å². The predicted octanol–water partition coefficient (Wildman–Crippen LogP) is 1.78. The Kier molecular flexibility index (Phi) is 3.21. The van der Waals surface area contributed by atoms with Gasteiger partial charge in [-0.2, -0.15) is 0 Å². The van der Waals surface area contributed by atoms with Crippen molar-refractivity contribution in [3.05, 3.63) is 24.0 Å². The van der Waals surface area contributed by atoms with Crippen molar-refractivity contribution in [1.82, 2.24) is 4.98 Å². The Morgan fingerprint density at radius 1 is 1.60 bits per heavy atom. The van der Waals surface area contributed by atoms with Crippen LogP contribution in [0.2, 0.25) is 0 Å². The van der Waals surface area contributed by atoms with Crippen molar-refractivity contribution in [2.45, 2.75) is 26.3 Å². The maximum absolute atomic E-state index is 5.73. The van der Waals surface area contributed by atoms with Crippen LogP contribution < -0.4 is 10.6 Å². The lowest BCUT2D eigenvalue weighted by Crippen LogP contribution is -2.35. The maximum Gasteiger partial charge on any atom is 0.0442 e. The molecule has 0 spiro atoms. The summed E-state index contributed by atoms with van der Waals surface area (Å²) in [5, 5.41) is 0. The quantitative estimate of drug-likeness (QED) is 0.800. The van der Waals surface area contributed by atoms with E-state index >= 15 is 0 Å². The third-order valence-electron chi connectivity index (χ3n) is 3.10. The van der Waals surface area contributed by atoms with Gasteiger partial charge in [0, 0.05) is 43.3 Å². The van der Waals surface area contributed by atoms with E-state index in [1.165, 1.54) is 18.5 Å². The van der Waals surface area contributed by atoms with Gasteiger partial charge in [-0.05, 0) is 24.8 Å². The summed E-state index contributed by atoms with van der Waals surface area (Å²) in [6, 6.07) is 2.08. The molecular formula is C12H19N3. The Labute approximate surface area is 91.3 Å². The zero-order chi connectivity index (χ0) is 10.7. The average molecular weight is 205 g/mol. The van der Waals surface area contributed by atoms with E-state index in [4.69, 9.17) is 5.73 Å². The van der Waals surface area contributed by atoms with Gasteiger partial charge in [0.15, 0.2) is 0 Å². The first-order chi connectivity index (χ1) is 7.31. The zero-order valence-electron chi connectivity index (χ0n) is 9.32. The number of rotatable bonds is 2. The summed E-state index contributed by atoms with van der Waals surface area (Å²) >= 11 is 0. The minimum Gasteiger partial charge on any atom is -0.371 e. The third-order valence-corrected chi connectivity index (χ3v) is 3.10. The summed E-state index contributed by atoms with van der Waals surface area (Å²) in [7, 11) is 0. The normalized spacial score (nSPS) is 21.7. The number of hydrogen-bond acceptors (Lipinski definition) is 3. The maximum atomic E-state index is 5.73. The predicted molar refractivity (Wildman–Crippen MR) is 62.7 cm³/mol. The number of pyridine rings is 1. The van der Waals surface area contributed by atoms with Gasteiger partial charge in [-0.25, -0.2) is 0 Å². The minimum atomic E-state index is 0.577. The largest absolute Gasteiger partial charge is 0.371 e. The molecule has 3 heteroatoms. The molecule has 0 aliphatic carbocycles. The summed E-state index contributed by atoms with van der Waals surface area (Å²) in [5.41, 5.74) is 8.16. The van der Waals surface area contributed by atoms with Gasteiger partial charge in [-0.3, -0.25) is 4.98 Å². The molecule has 1 aliphatic heterocycles. The Hall–Kier alpha value is -1.09. The molecule has 0 aromatic carbocycles. The highest BCUT2D eigenvalue weighted by Crippen LogP contribution is 2.25. The molecule has 0 saturated carbocycles. The molecule has 0 radical (unpaired) electrons. The van der Waals surface area contributed by atoms with E-state index < -0.39 is 0 Å². The second-order valence-electron chi connectivity index (χ2n) is 4.40. The summed E-state index contributed by atoms with van der Waals surface area (Å²) in [5.74, 6) is 0.789.